The fourth-order valence-corrected chi connectivity index (χ4v) is 2.81. The summed E-state index contributed by atoms with van der Waals surface area (Å²) in [5, 5.41) is 21.4. The van der Waals surface area contributed by atoms with Crippen LogP contribution in [-0.4, -0.2) is 16.4 Å². The minimum Gasteiger partial charge on any atom is -0.398 e. The quantitative estimate of drug-likeness (QED) is 0.368. The van der Waals surface area contributed by atoms with Crippen molar-refractivity contribution in [1.82, 2.24) is 9.97 Å². The Morgan fingerprint density at radius 2 is 1.68 bits per heavy atom. The van der Waals surface area contributed by atoms with Crippen LogP contribution in [0.5, 0.6) is 0 Å². The second-order valence-electron chi connectivity index (χ2n) is 5.53. The molecule has 0 aliphatic carbocycles. The van der Waals surface area contributed by atoms with E-state index in [4.69, 9.17) is 11.5 Å². The number of rotatable bonds is 2. The molecule has 1 amide bonds. The van der Waals surface area contributed by atoms with Gasteiger partial charge in [-0.1, -0.05) is 0 Å². The van der Waals surface area contributed by atoms with Crippen molar-refractivity contribution < 1.29 is 4.79 Å². The van der Waals surface area contributed by atoms with Gasteiger partial charge in [0.05, 0.1) is 28.0 Å². The molecule has 8 nitrogen and oxygen atoms in total. The van der Waals surface area contributed by atoms with Gasteiger partial charge in [0.25, 0.3) is 0 Å². The Hall–Kier alpha value is -3.91. The van der Waals surface area contributed by atoms with E-state index in [0.717, 1.165) is 0 Å². The van der Waals surface area contributed by atoms with E-state index in [1.54, 1.807) is 13.8 Å². The van der Waals surface area contributed by atoms with Gasteiger partial charge >= 0.3 is 0 Å². The molecule has 0 bridgehead atoms. The van der Waals surface area contributed by atoms with Gasteiger partial charge in [-0.3, -0.25) is 4.79 Å². The average Bonchev–Trinajstić information content (AvgIpc) is 2.61. The molecule has 0 radical (unpaired) electrons. The van der Waals surface area contributed by atoms with Crippen LogP contribution in [0.4, 0.5) is 17.1 Å². The number of nitrogens with two attached hydrogens (primary N) is 2. The monoisotopic (exact) mass is 331 g/mol. The van der Waals surface area contributed by atoms with E-state index < -0.39 is 0 Å². The first-order chi connectivity index (χ1) is 11.9. The van der Waals surface area contributed by atoms with Gasteiger partial charge < -0.3 is 16.8 Å². The maximum Gasteiger partial charge on any atom is 0.211 e. The van der Waals surface area contributed by atoms with Crippen LogP contribution in [-0.2, 0) is 4.79 Å². The number of carbonyl (C=O) groups excluding carboxylic acids is 1. The van der Waals surface area contributed by atoms with Gasteiger partial charge in [-0.2, -0.15) is 10.5 Å². The first-order valence-electron chi connectivity index (χ1n) is 7.27. The highest BCUT2D eigenvalue weighted by atomic mass is 16.1. The maximum absolute atomic E-state index is 10.9. The molecule has 122 valence electrons. The van der Waals surface area contributed by atoms with E-state index in [2.05, 4.69) is 15.3 Å². The molecule has 0 atom stereocenters. The number of hydrogen-bond acceptors (Lipinski definition) is 7. The largest absolute Gasteiger partial charge is 0.398 e. The number of nitriles is 2. The Labute approximate surface area is 142 Å². The van der Waals surface area contributed by atoms with Crippen molar-refractivity contribution in [3.8, 4) is 12.1 Å². The molecule has 0 fully saturated rings. The molecule has 0 saturated carbocycles. The van der Waals surface area contributed by atoms with Gasteiger partial charge in [-0.15, -0.1) is 0 Å². The summed E-state index contributed by atoms with van der Waals surface area (Å²) in [5.41, 5.74) is 16.0. The highest BCUT2D eigenvalue weighted by molar-refractivity contribution is 6.03. The fraction of sp³-hybridized carbons (Fsp3) is 0.118. The third-order valence-corrected chi connectivity index (χ3v) is 4.18. The lowest BCUT2D eigenvalue weighted by Gasteiger charge is -2.15. The standard InChI is InChI=1S/C17H13N7O/c1-7-11(20)3-9(4-18)16-14(7)23-15-8(2)13(22-6-25)12(21)10(5-19)17(15)24-16/h3,6H,20-21H2,1-2H3,(H,22,25). The summed E-state index contributed by atoms with van der Waals surface area (Å²) in [6.07, 6.45) is 0.483. The Kier molecular flexibility index (Phi) is 3.59. The summed E-state index contributed by atoms with van der Waals surface area (Å²) in [6.45, 7) is 3.50. The second-order valence-corrected chi connectivity index (χ2v) is 5.53. The van der Waals surface area contributed by atoms with E-state index in [1.807, 2.05) is 12.1 Å². The number of carbonyl (C=O) groups is 1. The molecule has 8 heteroatoms. The number of fused-ring (bicyclic) bond motifs is 2. The van der Waals surface area contributed by atoms with Gasteiger partial charge in [0.1, 0.15) is 28.7 Å². The molecule has 0 aliphatic rings. The lowest BCUT2D eigenvalue weighted by molar-refractivity contribution is -0.105. The van der Waals surface area contributed by atoms with Crippen molar-refractivity contribution in [2.45, 2.75) is 13.8 Å². The number of nitrogens with one attached hydrogen (secondary N) is 1. The van der Waals surface area contributed by atoms with E-state index in [-0.39, 0.29) is 22.3 Å². The van der Waals surface area contributed by atoms with Crippen molar-refractivity contribution in [2.75, 3.05) is 16.8 Å². The number of hydrogen-bond donors (Lipinski definition) is 3. The van der Waals surface area contributed by atoms with Crippen LogP contribution in [0, 0.1) is 36.5 Å². The van der Waals surface area contributed by atoms with Crippen molar-refractivity contribution in [2.24, 2.45) is 0 Å². The third kappa shape index (κ3) is 2.17. The fourth-order valence-electron chi connectivity index (χ4n) is 2.81. The van der Waals surface area contributed by atoms with E-state index in [1.165, 1.54) is 6.07 Å². The summed E-state index contributed by atoms with van der Waals surface area (Å²) in [7, 11) is 0. The molecule has 1 aromatic heterocycles. The van der Waals surface area contributed by atoms with Crippen LogP contribution in [0.15, 0.2) is 6.07 Å². The van der Waals surface area contributed by atoms with Crippen molar-refractivity contribution >= 4 is 45.5 Å². The molecule has 0 unspecified atom stereocenters. The molecule has 0 saturated heterocycles. The van der Waals surface area contributed by atoms with Crippen molar-refractivity contribution in [1.29, 1.82) is 10.5 Å². The Bertz CT molecular complexity index is 1150. The number of anilines is 3. The molecule has 5 N–H and O–H groups in total. The second kappa shape index (κ2) is 5.62. The molecule has 0 spiro atoms. The topological polar surface area (TPSA) is 154 Å². The van der Waals surface area contributed by atoms with Crippen LogP contribution in [0.1, 0.15) is 22.3 Å². The number of amides is 1. The SMILES string of the molecule is Cc1c(N)cc(C#N)c2nc3c(C#N)c(N)c(NC=O)c(C)c3nc12. The summed E-state index contributed by atoms with van der Waals surface area (Å²) in [5.74, 6) is 0. The van der Waals surface area contributed by atoms with Crippen LogP contribution >= 0.6 is 0 Å². The number of aryl methyl sites for hydroxylation is 2. The number of benzene rings is 2. The van der Waals surface area contributed by atoms with E-state index >= 15 is 0 Å². The van der Waals surface area contributed by atoms with Gasteiger partial charge in [0, 0.05) is 11.3 Å². The normalized spacial score (nSPS) is 10.4. The van der Waals surface area contributed by atoms with Crippen LogP contribution in [0.3, 0.4) is 0 Å². The zero-order valence-electron chi connectivity index (χ0n) is 13.5. The molecular weight excluding hydrogens is 318 g/mol. The lowest BCUT2D eigenvalue weighted by Crippen LogP contribution is -2.07. The smallest absolute Gasteiger partial charge is 0.211 e. The predicted octanol–water partition coefficient (Wildman–Crippen LogP) is 1.88. The zero-order valence-corrected chi connectivity index (χ0v) is 13.5. The Morgan fingerprint density at radius 3 is 2.28 bits per heavy atom. The Morgan fingerprint density at radius 1 is 1.04 bits per heavy atom. The lowest BCUT2D eigenvalue weighted by atomic mass is 10.0. The zero-order chi connectivity index (χ0) is 18.3. The minimum atomic E-state index is 0.0951. The summed E-state index contributed by atoms with van der Waals surface area (Å²) >= 11 is 0. The highest BCUT2D eigenvalue weighted by Gasteiger charge is 2.20. The van der Waals surface area contributed by atoms with Gasteiger partial charge in [0.2, 0.25) is 6.41 Å². The Balaban J connectivity index is 2.62. The van der Waals surface area contributed by atoms with Gasteiger partial charge in [-0.05, 0) is 25.5 Å². The van der Waals surface area contributed by atoms with Crippen molar-refractivity contribution in [3.63, 3.8) is 0 Å². The molecular formula is C17H13N7O. The first kappa shape index (κ1) is 16.0. The maximum atomic E-state index is 10.9. The molecule has 1 heterocycles. The van der Waals surface area contributed by atoms with Crippen molar-refractivity contribution in [3.05, 3.63) is 28.3 Å². The number of aromatic nitrogens is 2. The predicted molar refractivity (Wildman–Crippen MR) is 94.5 cm³/mol. The van der Waals surface area contributed by atoms with E-state index in [9.17, 15) is 15.3 Å². The van der Waals surface area contributed by atoms with Gasteiger partial charge in [-0.25, -0.2) is 9.97 Å². The van der Waals surface area contributed by atoms with E-state index in [0.29, 0.717) is 45.5 Å². The number of nitrogen functional groups attached to an aromatic ring is 2. The third-order valence-electron chi connectivity index (χ3n) is 4.18. The van der Waals surface area contributed by atoms with Crippen LogP contribution in [0.2, 0.25) is 0 Å². The summed E-state index contributed by atoms with van der Waals surface area (Å²) < 4.78 is 0. The first-order valence-corrected chi connectivity index (χ1v) is 7.27. The van der Waals surface area contributed by atoms with Crippen LogP contribution < -0.4 is 16.8 Å². The molecule has 0 aliphatic heterocycles. The van der Waals surface area contributed by atoms with Crippen LogP contribution in [0.25, 0.3) is 22.1 Å². The summed E-state index contributed by atoms with van der Waals surface area (Å²) in [6, 6.07) is 5.58. The minimum absolute atomic E-state index is 0.0951. The molecule has 25 heavy (non-hydrogen) atoms. The summed E-state index contributed by atoms with van der Waals surface area (Å²) in [4.78, 5) is 19.9. The highest BCUT2D eigenvalue weighted by Crippen LogP contribution is 2.36. The molecule has 3 aromatic rings. The molecule has 3 rings (SSSR count). The average molecular weight is 331 g/mol. The number of nitrogens with zero attached hydrogens (tertiary/aromatic N) is 4. The van der Waals surface area contributed by atoms with Gasteiger partial charge in [0.15, 0.2) is 0 Å². The molecule has 2 aromatic carbocycles.